The maximum atomic E-state index is 2.54. The molecule has 338 valence electrons. The van der Waals surface area contributed by atoms with Crippen LogP contribution in [0.15, 0.2) is 267 Å². The van der Waals surface area contributed by atoms with Crippen molar-refractivity contribution in [2.24, 2.45) is 0 Å². The lowest BCUT2D eigenvalue weighted by Crippen LogP contribution is -2.09. The van der Waals surface area contributed by atoms with Gasteiger partial charge in [0.2, 0.25) is 0 Å². The first kappa shape index (κ1) is 41.5. The van der Waals surface area contributed by atoms with E-state index in [0.29, 0.717) is 0 Å². The number of anilines is 3. The molecule has 0 fully saturated rings. The van der Waals surface area contributed by atoms with Crippen LogP contribution in [0.1, 0.15) is 28.1 Å². The summed E-state index contributed by atoms with van der Waals surface area (Å²) >= 11 is 0. The fraction of sp³-hybridized carbons (Fsp3) is 0.0145. The van der Waals surface area contributed by atoms with Crippen LogP contribution in [0, 0.1) is 0 Å². The van der Waals surface area contributed by atoms with E-state index in [0.717, 1.165) is 40.4 Å². The molecule has 0 radical (unpaired) electrons. The first-order chi connectivity index (χ1) is 35.7. The van der Waals surface area contributed by atoms with Crippen LogP contribution in [0.3, 0.4) is 0 Å². The molecule has 3 nitrogen and oxygen atoms in total. The van der Waals surface area contributed by atoms with Crippen LogP contribution in [0.2, 0.25) is 0 Å². The molecule has 14 rings (SSSR count). The van der Waals surface area contributed by atoms with Crippen LogP contribution < -0.4 is 4.90 Å². The van der Waals surface area contributed by atoms with Crippen LogP contribution in [-0.2, 0) is 6.42 Å². The van der Waals surface area contributed by atoms with Gasteiger partial charge in [-0.3, -0.25) is 0 Å². The Kier molecular flexibility index (Phi) is 9.92. The van der Waals surface area contributed by atoms with Crippen molar-refractivity contribution in [2.75, 3.05) is 4.90 Å². The van der Waals surface area contributed by atoms with Gasteiger partial charge in [0.15, 0.2) is 0 Å². The summed E-state index contributed by atoms with van der Waals surface area (Å²) in [6, 6.07) is 97.6. The molecule has 2 heterocycles. The lowest BCUT2D eigenvalue weighted by atomic mass is 9.91. The van der Waals surface area contributed by atoms with Gasteiger partial charge in [-0.1, -0.05) is 182 Å². The summed E-state index contributed by atoms with van der Waals surface area (Å²) in [5.74, 6) is 0. The number of rotatable bonds is 8. The summed E-state index contributed by atoms with van der Waals surface area (Å²) < 4.78 is 5.07. The summed E-state index contributed by atoms with van der Waals surface area (Å²) in [4.78, 5) is 2.33. The molecule has 0 atom stereocenters. The second-order valence-corrected chi connectivity index (χ2v) is 18.9. The average Bonchev–Trinajstić information content (AvgIpc) is 3.87. The van der Waals surface area contributed by atoms with Gasteiger partial charge in [0.25, 0.3) is 0 Å². The topological polar surface area (TPSA) is 13.1 Å². The highest BCUT2D eigenvalue weighted by molar-refractivity contribution is 6.09. The third-order valence-electron chi connectivity index (χ3n) is 14.7. The quantitative estimate of drug-likeness (QED) is 0.148. The molecule has 0 aliphatic heterocycles. The van der Waals surface area contributed by atoms with Gasteiger partial charge >= 0.3 is 0 Å². The SMILES string of the molecule is C1=C(c2cccc(-c3cccc(-c4cccc(N(c5ccccc5)c5ccccc5)c4)c3)c2)c2c(n(-c3ccc4ccccc4c3)c3ccccc23)Cc2c1c1ccccc1n2-c1ccc2ccccc2c1. The van der Waals surface area contributed by atoms with Crippen LogP contribution in [0.5, 0.6) is 0 Å². The number of hydrogen-bond donors (Lipinski definition) is 0. The Labute approximate surface area is 419 Å². The van der Waals surface area contributed by atoms with E-state index in [1.165, 1.54) is 93.7 Å². The van der Waals surface area contributed by atoms with Gasteiger partial charge < -0.3 is 14.0 Å². The number of para-hydroxylation sites is 4. The zero-order valence-corrected chi connectivity index (χ0v) is 39.5. The zero-order chi connectivity index (χ0) is 47.5. The molecule has 72 heavy (non-hydrogen) atoms. The third-order valence-corrected chi connectivity index (χ3v) is 14.7. The smallest absolute Gasteiger partial charge is 0.0538 e. The second-order valence-electron chi connectivity index (χ2n) is 18.9. The Morgan fingerprint density at radius 2 is 0.750 bits per heavy atom. The molecule has 0 amide bonds. The fourth-order valence-electron chi connectivity index (χ4n) is 11.4. The molecule has 0 saturated carbocycles. The molecule has 13 aromatic rings. The molecule has 0 saturated heterocycles. The van der Waals surface area contributed by atoms with E-state index in [9.17, 15) is 0 Å². The minimum atomic E-state index is 0.723. The van der Waals surface area contributed by atoms with Crippen LogP contribution >= 0.6 is 0 Å². The Morgan fingerprint density at radius 3 is 1.36 bits per heavy atom. The number of hydrogen-bond acceptors (Lipinski definition) is 1. The Morgan fingerprint density at radius 1 is 0.306 bits per heavy atom. The predicted molar refractivity (Wildman–Crippen MR) is 303 cm³/mol. The maximum absolute atomic E-state index is 2.54. The minimum Gasteiger partial charge on any atom is -0.313 e. The van der Waals surface area contributed by atoms with Gasteiger partial charge in [-0.05, 0) is 146 Å². The Bertz CT molecular complexity index is 4210. The van der Waals surface area contributed by atoms with E-state index in [-0.39, 0.29) is 0 Å². The van der Waals surface area contributed by atoms with Crippen molar-refractivity contribution >= 4 is 72.1 Å². The molecule has 1 aliphatic rings. The van der Waals surface area contributed by atoms with Crippen molar-refractivity contribution in [1.29, 1.82) is 0 Å². The molecular formula is C69H47N3. The number of benzene rings is 11. The van der Waals surface area contributed by atoms with Crippen molar-refractivity contribution in [3.63, 3.8) is 0 Å². The largest absolute Gasteiger partial charge is 0.313 e. The van der Waals surface area contributed by atoms with Gasteiger partial charge in [0.05, 0.1) is 11.0 Å². The van der Waals surface area contributed by atoms with Crippen molar-refractivity contribution < 1.29 is 0 Å². The summed E-state index contributed by atoms with van der Waals surface area (Å²) in [7, 11) is 0. The van der Waals surface area contributed by atoms with Crippen LogP contribution in [-0.4, -0.2) is 9.13 Å². The van der Waals surface area contributed by atoms with Gasteiger partial charge in [-0.2, -0.15) is 0 Å². The first-order valence-corrected chi connectivity index (χ1v) is 24.9. The number of aromatic nitrogens is 2. The van der Waals surface area contributed by atoms with E-state index < -0.39 is 0 Å². The van der Waals surface area contributed by atoms with Gasteiger partial charge in [0, 0.05) is 68.1 Å². The van der Waals surface area contributed by atoms with Crippen molar-refractivity contribution in [2.45, 2.75) is 6.42 Å². The highest BCUT2D eigenvalue weighted by Gasteiger charge is 2.29. The second kappa shape index (κ2) is 17.2. The molecule has 0 bridgehead atoms. The summed E-state index contributed by atoms with van der Waals surface area (Å²) in [6.45, 7) is 0. The lowest BCUT2D eigenvalue weighted by molar-refractivity contribution is 0.919. The van der Waals surface area contributed by atoms with Crippen molar-refractivity contribution in [1.82, 2.24) is 9.13 Å². The summed E-state index contributed by atoms with van der Waals surface area (Å²) in [6.07, 6.45) is 3.23. The molecule has 3 heteroatoms. The minimum absolute atomic E-state index is 0.723. The van der Waals surface area contributed by atoms with E-state index in [1.54, 1.807) is 0 Å². The van der Waals surface area contributed by atoms with E-state index >= 15 is 0 Å². The third kappa shape index (κ3) is 7.05. The zero-order valence-electron chi connectivity index (χ0n) is 39.5. The molecule has 1 aliphatic carbocycles. The first-order valence-electron chi connectivity index (χ1n) is 24.9. The molecule has 2 aromatic heterocycles. The van der Waals surface area contributed by atoms with Crippen LogP contribution in [0.4, 0.5) is 17.1 Å². The van der Waals surface area contributed by atoms with Gasteiger partial charge in [-0.15, -0.1) is 0 Å². The normalized spacial score (nSPS) is 12.2. The van der Waals surface area contributed by atoms with Crippen molar-refractivity contribution in [3.8, 4) is 33.6 Å². The number of nitrogens with zero attached hydrogens (tertiary/aromatic N) is 3. The van der Waals surface area contributed by atoms with Gasteiger partial charge in [-0.25, -0.2) is 0 Å². The van der Waals surface area contributed by atoms with Crippen molar-refractivity contribution in [3.05, 3.63) is 295 Å². The monoisotopic (exact) mass is 917 g/mol. The van der Waals surface area contributed by atoms with E-state index in [1.807, 2.05) is 0 Å². The van der Waals surface area contributed by atoms with E-state index in [2.05, 4.69) is 287 Å². The molecular weight excluding hydrogens is 871 g/mol. The van der Waals surface area contributed by atoms with E-state index in [4.69, 9.17) is 0 Å². The fourth-order valence-corrected chi connectivity index (χ4v) is 11.4. The summed E-state index contributed by atoms with van der Waals surface area (Å²) in [5.41, 5.74) is 20.2. The maximum Gasteiger partial charge on any atom is 0.0538 e. The highest BCUT2D eigenvalue weighted by Crippen LogP contribution is 2.46. The lowest BCUT2D eigenvalue weighted by Gasteiger charge is -2.26. The van der Waals surface area contributed by atoms with Gasteiger partial charge in [0.1, 0.15) is 0 Å². The molecule has 11 aromatic carbocycles. The molecule has 0 unspecified atom stereocenters. The van der Waals surface area contributed by atoms with Crippen LogP contribution in [0.25, 0.3) is 88.6 Å². The molecule has 0 spiro atoms. The molecule has 0 N–H and O–H groups in total. The number of fused-ring (bicyclic) bond motifs is 8. The standard InChI is InChI=1S/C69H47N3/c1-3-27-56(28-4-1)70(57-29-5-2-6-30-57)58-31-17-25-54(44-58)50-23-15-22-49(40-50)51-24-16-26-55(41-51)63-45-64-61-32-11-13-34-65(61)71(59-38-36-47-18-7-9-20-52(47)42-59)67(64)46-68-69(63)62-33-12-14-35-66(62)72(68)60-39-37-48-19-8-10-21-53(48)43-60/h1-45H,46H2. The average molecular weight is 918 g/mol. The predicted octanol–water partition coefficient (Wildman–Crippen LogP) is 18.2. The highest BCUT2D eigenvalue weighted by atomic mass is 15.1. The summed E-state index contributed by atoms with van der Waals surface area (Å²) in [5, 5.41) is 7.41. The Hall–Kier alpha value is -9.44. The Balaban J connectivity index is 0.955.